The molecule has 0 bridgehead atoms. The van der Waals surface area contributed by atoms with Crippen LogP contribution in [0.15, 0.2) is 0 Å². The first kappa shape index (κ1) is 8.00. The monoisotopic (exact) mass is 157 g/mol. The third-order valence-corrected chi connectivity index (χ3v) is 2.04. The van der Waals surface area contributed by atoms with Gasteiger partial charge in [0, 0.05) is 6.54 Å². The van der Waals surface area contributed by atoms with E-state index in [4.69, 9.17) is 5.84 Å². The van der Waals surface area contributed by atoms with E-state index in [1.807, 2.05) is 5.43 Å². The van der Waals surface area contributed by atoms with Crippen molar-refractivity contribution in [1.82, 2.24) is 10.7 Å². The average Bonchev–Trinajstić information content (AvgIpc) is 2.32. The fourth-order valence-electron chi connectivity index (χ4n) is 1.11. The first-order valence-corrected chi connectivity index (χ1v) is 3.40. The molecule has 0 aromatic heterocycles. The van der Waals surface area contributed by atoms with Gasteiger partial charge in [0.15, 0.2) is 0 Å². The SMILES string of the molecule is CC1(C(=O)NN)CCNC1=O. The fourth-order valence-corrected chi connectivity index (χ4v) is 1.11. The number of amides is 2. The van der Waals surface area contributed by atoms with E-state index >= 15 is 0 Å². The fraction of sp³-hybridized carbons (Fsp3) is 0.667. The largest absolute Gasteiger partial charge is 0.355 e. The molecule has 1 aliphatic rings. The van der Waals surface area contributed by atoms with Crippen LogP contribution in [0, 0.1) is 5.41 Å². The van der Waals surface area contributed by atoms with Gasteiger partial charge in [-0.2, -0.15) is 0 Å². The lowest BCUT2D eigenvalue weighted by molar-refractivity contribution is -0.139. The van der Waals surface area contributed by atoms with Gasteiger partial charge < -0.3 is 5.32 Å². The zero-order valence-electron chi connectivity index (χ0n) is 6.31. The molecule has 1 unspecified atom stereocenters. The van der Waals surface area contributed by atoms with Gasteiger partial charge in [0.2, 0.25) is 11.8 Å². The second kappa shape index (κ2) is 2.50. The topological polar surface area (TPSA) is 84.2 Å². The van der Waals surface area contributed by atoms with Crippen LogP contribution in [0.25, 0.3) is 0 Å². The molecule has 62 valence electrons. The van der Waals surface area contributed by atoms with Crippen LogP contribution in [-0.2, 0) is 9.59 Å². The molecule has 4 N–H and O–H groups in total. The third kappa shape index (κ3) is 1.07. The molecule has 2 amide bonds. The molecule has 1 heterocycles. The van der Waals surface area contributed by atoms with Gasteiger partial charge in [0.25, 0.3) is 0 Å². The molecule has 1 saturated heterocycles. The molecule has 0 aromatic rings. The lowest BCUT2D eigenvalue weighted by Crippen LogP contribution is -2.46. The van der Waals surface area contributed by atoms with Gasteiger partial charge in [-0.3, -0.25) is 15.0 Å². The van der Waals surface area contributed by atoms with E-state index in [2.05, 4.69) is 5.32 Å². The van der Waals surface area contributed by atoms with Crippen LogP contribution < -0.4 is 16.6 Å². The van der Waals surface area contributed by atoms with Crippen molar-refractivity contribution in [2.75, 3.05) is 6.54 Å². The Morgan fingerprint density at radius 2 is 2.45 bits per heavy atom. The second-order valence-electron chi connectivity index (χ2n) is 2.81. The van der Waals surface area contributed by atoms with Gasteiger partial charge in [0.05, 0.1) is 0 Å². The summed E-state index contributed by atoms with van der Waals surface area (Å²) in [6, 6.07) is 0. The predicted octanol–water partition coefficient (Wildman–Crippen LogP) is -1.50. The van der Waals surface area contributed by atoms with Crippen LogP contribution in [0.4, 0.5) is 0 Å². The summed E-state index contributed by atoms with van der Waals surface area (Å²) in [7, 11) is 0. The number of nitrogens with one attached hydrogen (secondary N) is 2. The van der Waals surface area contributed by atoms with E-state index in [1.165, 1.54) is 0 Å². The number of hydrogen-bond acceptors (Lipinski definition) is 3. The maximum atomic E-state index is 11.1. The normalized spacial score (nSPS) is 29.8. The summed E-state index contributed by atoms with van der Waals surface area (Å²) in [5, 5.41) is 2.57. The smallest absolute Gasteiger partial charge is 0.249 e. The number of hydrazine groups is 1. The number of hydrogen-bond donors (Lipinski definition) is 3. The van der Waals surface area contributed by atoms with Crippen molar-refractivity contribution in [2.24, 2.45) is 11.3 Å². The van der Waals surface area contributed by atoms with Crippen molar-refractivity contribution < 1.29 is 9.59 Å². The van der Waals surface area contributed by atoms with E-state index in [1.54, 1.807) is 6.92 Å². The zero-order chi connectivity index (χ0) is 8.48. The summed E-state index contributed by atoms with van der Waals surface area (Å²) < 4.78 is 0. The minimum absolute atomic E-state index is 0.250. The molecule has 1 fully saturated rings. The molecule has 1 atom stereocenters. The maximum absolute atomic E-state index is 11.1. The van der Waals surface area contributed by atoms with Crippen LogP contribution in [-0.4, -0.2) is 18.4 Å². The summed E-state index contributed by atoms with van der Waals surface area (Å²) in [5.74, 6) is 4.25. The van der Waals surface area contributed by atoms with Crippen molar-refractivity contribution in [1.29, 1.82) is 0 Å². The lowest BCUT2D eigenvalue weighted by Gasteiger charge is -2.16. The molecule has 0 saturated carbocycles. The van der Waals surface area contributed by atoms with E-state index in [0.717, 1.165) is 0 Å². The van der Waals surface area contributed by atoms with Gasteiger partial charge in [-0.1, -0.05) is 0 Å². The lowest BCUT2D eigenvalue weighted by atomic mass is 9.88. The molecule has 5 heteroatoms. The summed E-state index contributed by atoms with van der Waals surface area (Å²) in [6.45, 7) is 2.13. The summed E-state index contributed by atoms with van der Waals surface area (Å²) in [6.07, 6.45) is 0.509. The Balaban J connectivity index is 2.80. The van der Waals surface area contributed by atoms with Crippen molar-refractivity contribution in [3.63, 3.8) is 0 Å². The Hall–Kier alpha value is -1.10. The van der Waals surface area contributed by atoms with Crippen molar-refractivity contribution >= 4 is 11.8 Å². The molecule has 0 spiro atoms. The number of carbonyl (C=O) groups is 2. The highest BCUT2D eigenvalue weighted by molar-refractivity contribution is 6.05. The van der Waals surface area contributed by atoms with Crippen molar-refractivity contribution in [3.8, 4) is 0 Å². The summed E-state index contributed by atoms with van der Waals surface area (Å²) >= 11 is 0. The highest BCUT2D eigenvalue weighted by atomic mass is 16.2. The molecule has 5 nitrogen and oxygen atoms in total. The van der Waals surface area contributed by atoms with E-state index in [-0.39, 0.29) is 5.91 Å². The van der Waals surface area contributed by atoms with E-state index in [9.17, 15) is 9.59 Å². The van der Waals surface area contributed by atoms with Crippen LogP contribution in [0.1, 0.15) is 13.3 Å². The Labute approximate surface area is 64.3 Å². The molecular formula is C6H11N3O2. The van der Waals surface area contributed by atoms with Gasteiger partial charge in [-0.25, -0.2) is 5.84 Å². The van der Waals surface area contributed by atoms with Crippen molar-refractivity contribution in [2.45, 2.75) is 13.3 Å². The van der Waals surface area contributed by atoms with Gasteiger partial charge in [0.1, 0.15) is 5.41 Å². The zero-order valence-corrected chi connectivity index (χ0v) is 6.31. The summed E-state index contributed by atoms with van der Waals surface area (Å²) in [5.41, 5.74) is 1.01. The molecule has 11 heavy (non-hydrogen) atoms. The van der Waals surface area contributed by atoms with Crippen LogP contribution >= 0.6 is 0 Å². The highest BCUT2D eigenvalue weighted by Gasteiger charge is 2.44. The van der Waals surface area contributed by atoms with Gasteiger partial charge >= 0.3 is 0 Å². The number of carbonyl (C=O) groups excluding carboxylic acids is 2. The third-order valence-electron chi connectivity index (χ3n) is 2.04. The second-order valence-corrected chi connectivity index (χ2v) is 2.81. The first-order valence-electron chi connectivity index (χ1n) is 3.40. The number of nitrogens with two attached hydrogens (primary N) is 1. The molecule has 1 rings (SSSR count). The Kier molecular flexibility index (Phi) is 1.82. The molecule has 0 aromatic carbocycles. The van der Waals surface area contributed by atoms with Gasteiger partial charge in [-0.05, 0) is 13.3 Å². The molecule has 0 radical (unpaired) electrons. The minimum atomic E-state index is -0.964. The standard InChI is InChI=1S/C6H11N3O2/c1-6(5(11)9-7)2-3-8-4(6)10/h2-3,7H2,1H3,(H,8,10)(H,9,11). The van der Waals surface area contributed by atoms with Crippen molar-refractivity contribution in [3.05, 3.63) is 0 Å². The molecule has 0 aliphatic carbocycles. The minimum Gasteiger partial charge on any atom is -0.355 e. The van der Waals surface area contributed by atoms with Crippen LogP contribution in [0.5, 0.6) is 0 Å². The molecule has 1 aliphatic heterocycles. The summed E-state index contributed by atoms with van der Waals surface area (Å²) in [4.78, 5) is 22.1. The number of rotatable bonds is 1. The van der Waals surface area contributed by atoms with Gasteiger partial charge in [-0.15, -0.1) is 0 Å². The Bertz CT molecular complexity index is 204. The Morgan fingerprint density at radius 1 is 1.82 bits per heavy atom. The van der Waals surface area contributed by atoms with Crippen LogP contribution in [0.2, 0.25) is 0 Å². The van der Waals surface area contributed by atoms with Crippen LogP contribution in [0.3, 0.4) is 0 Å². The highest BCUT2D eigenvalue weighted by Crippen LogP contribution is 2.25. The molecular weight excluding hydrogens is 146 g/mol. The van der Waals surface area contributed by atoms with E-state index < -0.39 is 11.3 Å². The maximum Gasteiger partial charge on any atom is 0.249 e. The van der Waals surface area contributed by atoms with E-state index in [0.29, 0.717) is 13.0 Å². The quantitative estimate of drug-likeness (QED) is 0.187. The predicted molar refractivity (Wildman–Crippen MR) is 38.1 cm³/mol. The average molecular weight is 157 g/mol. The Morgan fingerprint density at radius 3 is 2.82 bits per heavy atom. The first-order chi connectivity index (χ1) is 5.11.